The lowest BCUT2D eigenvalue weighted by atomic mass is 9.80. The van der Waals surface area contributed by atoms with Gasteiger partial charge in [-0.1, -0.05) is 26.0 Å². The van der Waals surface area contributed by atoms with Crippen molar-refractivity contribution in [3.05, 3.63) is 34.4 Å². The van der Waals surface area contributed by atoms with Crippen LogP contribution in [0.25, 0.3) is 0 Å². The van der Waals surface area contributed by atoms with Gasteiger partial charge in [0.15, 0.2) is 12.4 Å². The van der Waals surface area contributed by atoms with E-state index in [0.717, 1.165) is 6.42 Å². The van der Waals surface area contributed by atoms with Gasteiger partial charge in [-0.25, -0.2) is 0 Å². The molecule has 0 saturated carbocycles. The molecule has 1 aliphatic heterocycles. The van der Waals surface area contributed by atoms with Crippen LogP contribution in [0.2, 0.25) is 0 Å². The first-order valence-electron chi connectivity index (χ1n) is 7.21. The smallest absolute Gasteiger partial charge is 0.310 e. The molecule has 0 spiro atoms. The summed E-state index contributed by atoms with van der Waals surface area (Å²) in [7, 11) is 0. The van der Waals surface area contributed by atoms with Crippen LogP contribution >= 0.6 is 0 Å². The molecule has 1 aromatic rings. The predicted octanol–water partition coefficient (Wildman–Crippen LogP) is 1.56. The molecule has 1 heterocycles. The lowest BCUT2D eigenvalue weighted by Gasteiger charge is -2.42. The zero-order chi connectivity index (χ0) is 16.3. The topological polar surface area (TPSA) is 98.7 Å². The van der Waals surface area contributed by atoms with E-state index < -0.39 is 4.92 Å². The van der Waals surface area contributed by atoms with E-state index in [1.165, 1.54) is 12.1 Å². The van der Waals surface area contributed by atoms with E-state index in [1.54, 1.807) is 17.0 Å². The number of nitrogens with zero attached hydrogens (tertiary/aromatic N) is 2. The molecule has 1 aromatic carbocycles. The highest BCUT2D eigenvalue weighted by Crippen LogP contribution is 2.28. The lowest BCUT2D eigenvalue weighted by molar-refractivity contribution is -0.385. The highest BCUT2D eigenvalue weighted by Gasteiger charge is 2.35. The SMILES string of the molecule is CC1(C)CN(C(=O)COc2ccccc2[N+](=O)[O-])CCC1N. The summed E-state index contributed by atoms with van der Waals surface area (Å²) in [5.41, 5.74) is 5.76. The van der Waals surface area contributed by atoms with Gasteiger partial charge in [0, 0.05) is 25.2 Å². The summed E-state index contributed by atoms with van der Waals surface area (Å²) in [5, 5.41) is 10.9. The number of hydrogen-bond acceptors (Lipinski definition) is 5. The number of nitro benzene ring substituents is 1. The third-order valence-electron chi connectivity index (χ3n) is 4.08. The molecule has 0 aliphatic carbocycles. The van der Waals surface area contributed by atoms with E-state index in [0.29, 0.717) is 13.1 Å². The molecule has 2 rings (SSSR count). The summed E-state index contributed by atoms with van der Waals surface area (Å²) in [6.45, 7) is 4.99. The number of hydrogen-bond donors (Lipinski definition) is 1. The summed E-state index contributed by atoms with van der Waals surface area (Å²) < 4.78 is 5.34. The van der Waals surface area contributed by atoms with Crippen molar-refractivity contribution in [2.24, 2.45) is 11.1 Å². The maximum Gasteiger partial charge on any atom is 0.310 e. The van der Waals surface area contributed by atoms with Crippen LogP contribution in [0.15, 0.2) is 24.3 Å². The molecule has 1 aliphatic rings. The lowest BCUT2D eigenvalue weighted by Crippen LogP contribution is -2.54. The Bertz CT molecular complexity index is 574. The molecule has 0 bridgehead atoms. The summed E-state index contributed by atoms with van der Waals surface area (Å²) >= 11 is 0. The van der Waals surface area contributed by atoms with Crippen molar-refractivity contribution >= 4 is 11.6 Å². The van der Waals surface area contributed by atoms with Crippen LogP contribution in [-0.4, -0.2) is 41.5 Å². The van der Waals surface area contributed by atoms with Crippen LogP contribution < -0.4 is 10.5 Å². The van der Waals surface area contributed by atoms with Gasteiger partial charge < -0.3 is 15.4 Å². The molecule has 22 heavy (non-hydrogen) atoms. The first kappa shape index (κ1) is 16.2. The van der Waals surface area contributed by atoms with Crippen LogP contribution in [0.4, 0.5) is 5.69 Å². The second-order valence-electron chi connectivity index (χ2n) is 6.21. The molecular weight excluding hydrogens is 286 g/mol. The van der Waals surface area contributed by atoms with Gasteiger partial charge in [0.2, 0.25) is 0 Å². The fourth-order valence-corrected chi connectivity index (χ4v) is 2.55. The van der Waals surface area contributed by atoms with Crippen molar-refractivity contribution < 1.29 is 14.5 Å². The van der Waals surface area contributed by atoms with Crippen molar-refractivity contribution in [3.8, 4) is 5.75 Å². The Labute approximate surface area is 129 Å². The molecule has 7 nitrogen and oxygen atoms in total. The van der Waals surface area contributed by atoms with Crippen molar-refractivity contribution in [2.45, 2.75) is 26.3 Å². The van der Waals surface area contributed by atoms with E-state index >= 15 is 0 Å². The second kappa shape index (κ2) is 6.31. The van der Waals surface area contributed by atoms with Gasteiger partial charge in [-0.05, 0) is 17.9 Å². The van der Waals surface area contributed by atoms with Gasteiger partial charge in [-0.2, -0.15) is 0 Å². The van der Waals surface area contributed by atoms with Gasteiger partial charge in [-0.3, -0.25) is 14.9 Å². The minimum Gasteiger partial charge on any atom is -0.477 e. The molecule has 0 aromatic heterocycles. The Morgan fingerprint density at radius 2 is 2.18 bits per heavy atom. The summed E-state index contributed by atoms with van der Waals surface area (Å²) in [6, 6.07) is 6.09. The number of rotatable bonds is 4. The van der Waals surface area contributed by atoms with Gasteiger partial charge in [0.25, 0.3) is 5.91 Å². The first-order valence-corrected chi connectivity index (χ1v) is 7.21. The van der Waals surface area contributed by atoms with Crippen LogP contribution in [0.3, 0.4) is 0 Å². The monoisotopic (exact) mass is 307 g/mol. The maximum atomic E-state index is 12.2. The number of ether oxygens (including phenoxy) is 1. The predicted molar refractivity (Wildman–Crippen MR) is 81.5 cm³/mol. The average Bonchev–Trinajstić information content (AvgIpc) is 2.47. The number of carbonyl (C=O) groups excluding carboxylic acids is 1. The van der Waals surface area contributed by atoms with E-state index in [4.69, 9.17) is 10.5 Å². The number of nitro groups is 1. The molecule has 2 N–H and O–H groups in total. The van der Waals surface area contributed by atoms with E-state index in [1.807, 2.05) is 13.8 Å². The Morgan fingerprint density at radius 3 is 2.82 bits per heavy atom. The van der Waals surface area contributed by atoms with Crippen LogP contribution in [0, 0.1) is 15.5 Å². The van der Waals surface area contributed by atoms with Crippen LogP contribution in [0.1, 0.15) is 20.3 Å². The second-order valence-corrected chi connectivity index (χ2v) is 6.21. The van der Waals surface area contributed by atoms with Gasteiger partial charge in [0.05, 0.1) is 4.92 Å². The Balaban J connectivity index is 1.98. The van der Waals surface area contributed by atoms with Crippen LogP contribution in [-0.2, 0) is 4.79 Å². The van der Waals surface area contributed by atoms with Crippen molar-refractivity contribution in [3.63, 3.8) is 0 Å². The van der Waals surface area contributed by atoms with E-state index in [2.05, 4.69) is 0 Å². The quantitative estimate of drug-likeness (QED) is 0.672. The number of benzene rings is 1. The van der Waals surface area contributed by atoms with E-state index in [-0.39, 0.29) is 35.4 Å². The number of carbonyl (C=O) groups is 1. The number of para-hydroxylation sites is 2. The van der Waals surface area contributed by atoms with Gasteiger partial charge >= 0.3 is 5.69 Å². The third kappa shape index (κ3) is 3.54. The average molecular weight is 307 g/mol. The third-order valence-corrected chi connectivity index (χ3v) is 4.08. The Kier molecular flexibility index (Phi) is 4.65. The minimum atomic E-state index is -0.525. The molecule has 1 unspecified atom stereocenters. The summed E-state index contributed by atoms with van der Waals surface area (Å²) in [4.78, 5) is 24.3. The highest BCUT2D eigenvalue weighted by molar-refractivity contribution is 5.78. The van der Waals surface area contributed by atoms with Crippen LogP contribution in [0.5, 0.6) is 5.75 Å². The first-order chi connectivity index (χ1) is 10.3. The molecule has 120 valence electrons. The molecule has 0 radical (unpaired) electrons. The van der Waals surface area contributed by atoms with Crippen molar-refractivity contribution in [1.29, 1.82) is 0 Å². The maximum absolute atomic E-state index is 12.2. The molecule has 1 amide bonds. The normalized spacial score (nSPS) is 20.5. The van der Waals surface area contributed by atoms with Gasteiger partial charge in [0.1, 0.15) is 0 Å². The van der Waals surface area contributed by atoms with E-state index in [9.17, 15) is 14.9 Å². The number of piperidine rings is 1. The standard InChI is InChI=1S/C15H21N3O4/c1-15(2)10-17(8-7-13(15)16)14(19)9-22-12-6-4-3-5-11(12)18(20)21/h3-6,13H,7-10,16H2,1-2H3. The molecule has 1 fully saturated rings. The Hall–Kier alpha value is -2.15. The minimum absolute atomic E-state index is 0.0627. The summed E-state index contributed by atoms with van der Waals surface area (Å²) in [6.07, 6.45) is 0.740. The fraction of sp³-hybridized carbons (Fsp3) is 0.533. The highest BCUT2D eigenvalue weighted by atomic mass is 16.6. The number of nitrogens with two attached hydrogens (primary N) is 1. The largest absolute Gasteiger partial charge is 0.477 e. The Morgan fingerprint density at radius 1 is 1.50 bits per heavy atom. The van der Waals surface area contributed by atoms with Crippen molar-refractivity contribution in [2.75, 3.05) is 19.7 Å². The summed E-state index contributed by atoms with van der Waals surface area (Å²) in [5.74, 6) is -0.0769. The zero-order valence-corrected chi connectivity index (χ0v) is 12.8. The molecule has 1 saturated heterocycles. The molecular formula is C15H21N3O4. The molecule has 7 heteroatoms. The number of likely N-dealkylation sites (tertiary alicyclic amines) is 1. The number of amides is 1. The fourth-order valence-electron chi connectivity index (χ4n) is 2.55. The van der Waals surface area contributed by atoms with Gasteiger partial charge in [-0.15, -0.1) is 0 Å². The van der Waals surface area contributed by atoms with Crippen molar-refractivity contribution in [1.82, 2.24) is 4.90 Å². The zero-order valence-electron chi connectivity index (χ0n) is 12.8. The molecule has 1 atom stereocenters.